The van der Waals surface area contributed by atoms with Crippen LogP contribution in [0.1, 0.15) is 30.6 Å². The molecule has 3 nitrogen and oxygen atoms in total. The van der Waals surface area contributed by atoms with Gasteiger partial charge in [-0.05, 0) is 42.8 Å². The van der Waals surface area contributed by atoms with Crippen LogP contribution in [0.25, 0.3) is 0 Å². The van der Waals surface area contributed by atoms with Crippen LogP contribution in [0, 0.1) is 0 Å². The maximum absolute atomic E-state index is 6.04. The van der Waals surface area contributed by atoms with Crippen molar-refractivity contribution in [2.45, 2.75) is 19.4 Å². The van der Waals surface area contributed by atoms with Gasteiger partial charge in [-0.1, -0.05) is 40.5 Å². The summed E-state index contributed by atoms with van der Waals surface area (Å²) in [7, 11) is 1.66. The minimum Gasteiger partial charge on any atom is -0.495 e. The summed E-state index contributed by atoms with van der Waals surface area (Å²) in [6.45, 7) is 3.02. The zero-order chi connectivity index (χ0) is 15.2. The summed E-state index contributed by atoms with van der Waals surface area (Å²) in [4.78, 5) is 4.50. The molecule has 0 aliphatic carbocycles. The van der Waals surface area contributed by atoms with Gasteiger partial charge < -0.3 is 10.1 Å². The number of rotatable bonds is 6. The molecule has 5 heteroatoms. The van der Waals surface area contributed by atoms with E-state index in [1.54, 1.807) is 13.3 Å². The molecule has 2 aromatic rings. The van der Waals surface area contributed by atoms with E-state index in [2.05, 4.69) is 33.2 Å². The molecule has 0 radical (unpaired) electrons. The second-order valence-electron chi connectivity index (χ2n) is 4.64. The normalized spacial score (nSPS) is 12.2. The van der Waals surface area contributed by atoms with Gasteiger partial charge in [0, 0.05) is 15.7 Å². The van der Waals surface area contributed by atoms with Gasteiger partial charge in [-0.3, -0.25) is 4.98 Å². The maximum Gasteiger partial charge on any atom is 0.142 e. The summed E-state index contributed by atoms with van der Waals surface area (Å²) in [5.41, 5.74) is 1.96. The Labute approximate surface area is 138 Å². The van der Waals surface area contributed by atoms with Gasteiger partial charge in [0.2, 0.25) is 0 Å². The van der Waals surface area contributed by atoms with Crippen LogP contribution in [0.4, 0.5) is 0 Å². The molecule has 0 aliphatic rings. The number of benzene rings is 1. The highest BCUT2D eigenvalue weighted by Gasteiger charge is 2.21. The van der Waals surface area contributed by atoms with Gasteiger partial charge >= 0.3 is 0 Å². The summed E-state index contributed by atoms with van der Waals surface area (Å²) in [6, 6.07) is 9.54. The summed E-state index contributed by atoms with van der Waals surface area (Å²) in [5.74, 6) is 0.771. The second kappa shape index (κ2) is 7.78. The smallest absolute Gasteiger partial charge is 0.142 e. The fourth-order valence-electron chi connectivity index (χ4n) is 2.17. The zero-order valence-corrected chi connectivity index (χ0v) is 14.4. The monoisotopic (exact) mass is 368 g/mol. The predicted octanol–water partition coefficient (Wildman–Crippen LogP) is 4.60. The Hall–Kier alpha value is -1.10. The van der Waals surface area contributed by atoms with Crippen LogP contribution in [-0.4, -0.2) is 18.6 Å². The Morgan fingerprint density at radius 1 is 1.38 bits per heavy atom. The molecule has 0 fully saturated rings. The first-order chi connectivity index (χ1) is 10.2. The third kappa shape index (κ3) is 3.96. The van der Waals surface area contributed by atoms with E-state index in [1.807, 2.05) is 30.3 Å². The number of hydrogen-bond donors (Lipinski definition) is 1. The SMILES string of the molecule is CCCNC(c1ccc(Cl)cc1Br)c1ncccc1OC. The molecule has 1 unspecified atom stereocenters. The lowest BCUT2D eigenvalue weighted by atomic mass is 10.0. The molecule has 0 bridgehead atoms. The van der Waals surface area contributed by atoms with Gasteiger partial charge in [-0.2, -0.15) is 0 Å². The Morgan fingerprint density at radius 3 is 2.86 bits per heavy atom. The van der Waals surface area contributed by atoms with Crippen molar-refractivity contribution in [2.75, 3.05) is 13.7 Å². The van der Waals surface area contributed by atoms with Gasteiger partial charge in [0.15, 0.2) is 0 Å². The van der Waals surface area contributed by atoms with Crippen molar-refractivity contribution in [3.8, 4) is 5.75 Å². The highest BCUT2D eigenvalue weighted by Crippen LogP contribution is 2.33. The van der Waals surface area contributed by atoms with E-state index in [0.717, 1.165) is 34.4 Å². The van der Waals surface area contributed by atoms with Crippen LogP contribution in [0.2, 0.25) is 5.02 Å². The fourth-order valence-corrected chi connectivity index (χ4v) is 3.08. The molecule has 0 saturated carbocycles. The third-order valence-corrected chi connectivity index (χ3v) is 4.09. The standard InChI is InChI=1S/C16H18BrClN2O/c1-3-8-19-15(12-7-6-11(18)10-13(12)17)16-14(21-2)5-4-9-20-16/h4-7,9-10,15,19H,3,8H2,1-2H3. The first-order valence-electron chi connectivity index (χ1n) is 6.84. The summed E-state index contributed by atoms with van der Waals surface area (Å²) < 4.78 is 6.40. The largest absolute Gasteiger partial charge is 0.495 e. The molecule has 0 aliphatic heterocycles. The molecule has 1 aromatic carbocycles. The van der Waals surface area contributed by atoms with Crippen molar-refractivity contribution in [1.29, 1.82) is 0 Å². The highest BCUT2D eigenvalue weighted by molar-refractivity contribution is 9.10. The van der Waals surface area contributed by atoms with Crippen LogP contribution in [0.15, 0.2) is 41.0 Å². The topological polar surface area (TPSA) is 34.2 Å². The number of ether oxygens (including phenoxy) is 1. The van der Waals surface area contributed by atoms with E-state index in [-0.39, 0.29) is 6.04 Å². The Morgan fingerprint density at radius 2 is 2.19 bits per heavy atom. The highest BCUT2D eigenvalue weighted by atomic mass is 79.9. The first-order valence-corrected chi connectivity index (χ1v) is 8.01. The number of aromatic nitrogens is 1. The van der Waals surface area contributed by atoms with Crippen LogP contribution in [0.3, 0.4) is 0 Å². The van der Waals surface area contributed by atoms with E-state index >= 15 is 0 Å². The average Bonchev–Trinajstić information content (AvgIpc) is 2.49. The molecule has 1 aromatic heterocycles. The average molecular weight is 370 g/mol. The molecule has 21 heavy (non-hydrogen) atoms. The van der Waals surface area contributed by atoms with Gasteiger partial charge in [0.1, 0.15) is 11.4 Å². The molecule has 1 heterocycles. The molecule has 1 atom stereocenters. The summed E-state index contributed by atoms with van der Waals surface area (Å²) in [6.07, 6.45) is 2.82. The Balaban J connectivity index is 2.47. The predicted molar refractivity (Wildman–Crippen MR) is 90.1 cm³/mol. The number of methoxy groups -OCH3 is 1. The number of nitrogens with one attached hydrogen (secondary N) is 1. The fraction of sp³-hybridized carbons (Fsp3) is 0.312. The number of halogens is 2. The van der Waals surface area contributed by atoms with E-state index in [9.17, 15) is 0 Å². The van der Waals surface area contributed by atoms with Crippen LogP contribution >= 0.6 is 27.5 Å². The van der Waals surface area contributed by atoms with Crippen molar-refractivity contribution in [3.63, 3.8) is 0 Å². The molecule has 0 spiro atoms. The van der Waals surface area contributed by atoms with E-state index in [0.29, 0.717) is 5.02 Å². The molecule has 0 saturated heterocycles. The van der Waals surface area contributed by atoms with E-state index in [4.69, 9.17) is 16.3 Å². The third-order valence-electron chi connectivity index (χ3n) is 3.17. The van der Waals surface area contributed by atoms with Crippen molar-refractivity contribution < 1.29 is 4.74 Å². The Bertz CT molecular complexity index is 607. The molecule has 0 amide bonds. The molecular formula is C16H18BrClN2O. The number of nitrogens with zero attached hydrogens (tertiary/aromatic N) is 1. The number of hydrogen-bond acceptors (Lipinski definition) is 3. The van der Waals surface area contributed by atoms with Crippen molar-refractivity contribution in [1.82, 2.24) is 10.3 Å². The summed E-state index contributed by atoms with van der Waals surface area (Å²) >= 11 is 9.63. The van der Waals surface area contributed by atoms with Gasteiger partial charge in [-0.15, -0.1) is 0 Å². The van der Waals surface area contributed by atoms with Crippen molar-refractivity contribution in [3.05, 3.63) is 57.3 Å². The quantitative estimate of drug-likeness (QED) is 0.808. The maximum atomic E-state index is 6.04. The van der Waals surface area contributed by atoms with Crippen molar-refractivity contribution in [2.24, 2.45) is 0 Å². The van der Waals surface area contributed by atoms with Gasteiger partial charge in [0.25, 0.3) is 0 Å². The Kier molecular flexibility index (Phi) is 6.03. The van der Waals surface area contributed by atoms with Crippen molar-refractivity contribution >= 4 is 27.5 Å². The summed E-state index contributed by atoms with van der Waals surface area (Å²) in [5, 5.41) is 4.22. The zero-order valence-electron chi connectivity index (χ0n) is 12.1. The van der Waals surface area contributed by atoms with Crippen LogP contribution in [0.5, 0.6) is 5.75 Å². The lowest BCUT2D eigenvalue weighted by Crippen LogP contribution is -2.25. The second-order valence-corrected chi connectivity index (χ2v) is 5.93. The minimum absolute atomic E-state index is 0.0484. The first kappa shape index (κ1) is 16.3. The van der Waals surface area contributed by atoms with E-state index in [1.165, 1.54) is 0 Å². The molecule has 112 valence electrons. The lowest BCUT2D eigenvalue weighted by molar-refractivity contribution is 0.399. The van der Waals surface area contributed by atoms with Crippen LogP contribution in [-0.2, 0) is 0 Å². The minimum atomic E-state index is -0.0484. The van der Waals surface area contributed by atoms with Crippen LogP contribution < -0.4 is 10.1 Å². The molecule has 2 rings (SSSR count). The molecule has 1 N–H and O–H groups in total. The number of pyridine rings is 1. The lowest BCUT2D eigenvalue weighted by Gasteiger charge is -2.21. The van der Waals surface area contributed by atoms with Gasteiger partial charge in [0.05, 0.1) is 13.2 Å². The van der Waals surface area contributed by atoms with E-state index < -0.39 is 0 Å². The van der Waals surface area contributed by atoms with Gasteiger partial charge in [-0.25, -0.2) is 0 Å². The molecular weight excluding hydrogens is 352 g/mol.